The lowest BCUT2D eigenvalue weighted by atomic mass is 9.86. The van der Waals surface area contributed by atoms with Gasteiger partial charge in [0.1, 0.15) is 11.3 Å². The van der Waals surface area contributed by atoms with Crippen LogP contribution < -0.4 is 10.5 Å². The Morgan fingerprint density at radius 3 is 2.83 bits per heavy atom. The first-order valence-electron chi connectivity index (χ1n) is 6.40. The maximum atomic E-state index is 11.8. The van der Waals surface area contributed by atoms with Crippen LogP contribution in [0.2, 0.25) is 0 Å². The van der Waals surface area contributed by atoms with Gasteiger partial charge in [-0.25, -0.2) is 4.79 Å². The summed E-state index contributed by atoms with van der Waals surface area (Å²) >= 11 is 0. The number of esters is 1. The highest BCUT2D eigenvalue weighted by atomic mass is 16.5. The number of hydrogen-bond acceptors (Lipinski definition) is 4. The molecule has 0 heterocycles. The molecule has 1 aromatic rings. The standard InChI is InChI=1S/C14H19NO3/c1-2-17-14(16)12-8-11(15)6-7-13(12)18-9-10-4-3-5-10/h6-8,10H,2-5,9,15H2,1H3. The molecule has 98 valence electrons. The summed E-state index contributed by atoms with van der Waals surface area (Å²) in [5.41, 5.74) is 6.64. The van der Waals surface area contributed by atoms with E-state index in [2.05, 4.69) is 0 Å². The first-order chi connectivity index (χ1) is 8.70. The molecule has 1 saturated carbocycles. The number of rotatable bonds is 5. The van der Waals surface area contributed by atoms with E-state index < -0.39 is 0 Å². The van der Waals surface area contributed by atoms with E-state index in [0.717, 1.165) is 0 Å². The number of benzene rings is 1. The predicted molar refractivity (Wildman–Crippen MR) is 69.6 cm³/mol. The molecule has 2 N–H and O–H groups in total. The van der Waals surface area contributed by atoms with Crippen molar-refractivity contribution < 1.29 is 14.3 Å². The van der Waals surface area contributed by atoms with Crippen LogP contribution in [0.15, 0.2) is 18.2 Å². The molecule has 0 radical (unpaired) electrons. The molecule has 1 fully saturated rings. The van der Waals surface area contributed by atoms with Gasteiger partial charge in [-0.15, -0.1) is 0 Å². The van der Waals surface area contributed by atoms with Gasteiger partial charge >= 0.3 is 5.97 Å². The van der Waals surface area contributed by atoms with Gasteiger partial charge in [-0.1, -0.05) is 6.42 Å². The van der Waals surface area contributed by atoms with E-state index >= 15 is 0 Å². The highest BCUT2D eigenvalue weighted by Crippen LogP contribution is 2.29. The minimum absolute atomic E-state index is 0.343. The van der Waals surface area contributed by atoms with Crippen molar-refractivity contribution in [2.24, 2.45) is 5.92 Å². The lowest BCUT2D eigenvalue weighted by Crippen LogP contribution is -2.20. The lowest BCUT2D eigenvalue weighted by molar-refractivity contribution is 0.0519. The first kappa shape index (κ1) is 12.7. The van der Waals surface area contributed by atoms with Crippen LogP contribution in [0.5, 0.6) is 5.75 Å². The summed E-state index contributed by atoms with van der Waals surface area (Å²) in [5, 5.41) is 0. The van der Waals surface area contributed by atoms with E-state index in [9.17, 15) is 4.79 Å². The molecular weight excluding hydrogens is 230 g/mol. The van der Waals surface area contributed by atoms with Crippen molar-refractivity contribution >= 4 is 11.7 Å². The van der Waals surface area contributed by atoms with Crippen molar-refractivity contribution in [2.75, 3.05) is 18.9 Å². The van der Waals surface area contributed by atoms with Gasteiger partial charge in [0.25, 0.3) is 0 Å². The van der Waals surface area contributed by atoms with Crippen LogP contribution in [-0.2, 0) is 4.74 Å². The van der Waals surface area contributed by atoms with Crippen LogP contribution in [-0.4, -0.2) is 19.2 Å². The zero-order valence-electron chi connectivity index (χ0n) is 10.6. The summed E-state index contributed by atoms with van der Waals surface area (Å²) in [6.45, 7) is 2.78. The van der Waals surface area contributed by atoms with Gasteiger partial charge in [-0.2, -0.15) is 0 Å². The van der Waals surface area contributed by atoms with Gasteiger partial charge in [0.2, 0.25) is 0 Å². The number of ether oxygens (including phenoxy) is 2. The quantitative estimate of drug-likeness (QED) is 0.643. The Labute approximate surface area is 107 Å². The molecule has 0 amide bonds. The number of carbonyl (C=O) groups is 1. The maximum Gasteiger partial charge on any atom is 0.341 e. The minimum Gasteiger partial charge on any atom is -0.492 e. The Morgan fingerprint density at radius 2 is 2.22 bits per heavy atom. The molecule has 1 aliphatic rings. The van der Waals surface area contributed by atoms with Gasteiger partial charge in [0, 0.05) is 5.69 Å². The fourth-order valence-corrected chi connectivity index (χ4v) is 1.91. The average Bonchev–Trinajstić information content (AvgIpc) is 2.29. The fraction of sp³-hybridized carbons (Fsp3) is 0.500. The minimum atomic E-state index is -0.381. The second-order valence-corrected chi connectivity index (χ2v) is 4.58. The highest BCUT2D eigenvalue weighted by molar-refractivity contribution is 5.93. The smallest absolute Gasteiger partial charge is 0.341 e. The van der Waals surface area contributed by atoms with Crippen LogP contribution >= 0.6 is 0 Å². The first-order valence-corrected chi connectivity index (χ1v) is 6.40. The highest BCUT2D eigenvalue weighted by Gasteiger charge is 2.20. The zero-order chi connectivity index (χ0) is 13.0. The van der Waals surface area contributed by atoms with E-state index in [4.69, 9.17) is 15.2 Å². The summed E-state index contributed by atoms with van der Waals surface area (Å²) < 4.78 is 10.7. The van der Waals surface area contributed by atoms with Crippen molar-refractivity contribution in [3.63, 3.8) is 0 Å². The molecule has 1 aliphatic carbocycles. The van der Waals surface area contributed by atoms with Crippen molar-refractivity contribution in [3.05, 3.63) is 23.8 Å². The molecule has 0 bridgehead atoms. The van der Waals surface area contributed by atoms with Gasteiger partial charge in [-0.05, 0) is 43.9 Å². The third kappa shape index (κ3) is 2.94. The summed E-state index contributed by atoms with van der Waals surface area (Å²) in [5.74, 6) is 0.806. The van der Waals surface area contributed by atoms with E-state index in [-0.39, 0.29) is 5.97 Å². The number of carbonyl (C=O) groups excluding carboxylic acids is 1. The fourth-order valence-electron chi connectivity index (χ4n) is 1.91. The lowest BCUT2D eigenvalue weighted by Gasteiger charge is -2.25. The molecule has 1 aromatic carbocycles. The second kappa shape index (κ2) is 5.76. The topological polar surface area (TPSA) is 61.5 Å². The predicted octanol–water partition coefficient (Wildman–Crippen LogP) is 2.62. The third-order valence-electron chi connectivity index (χ3n) is 3.20. The number of nitrogens with two attached hydrogens (primary N) is 1. The molecule has 4 nitrogen and oxygen atoms in total. The van der Waals surface area contributed by atoms with Crippen LogP contribution in [0, 0.1) is 5.92 Å². The SMILES string of the molecule is CCOC(=O)c1cc(N)ccc1OCC1CCC1. The molecule has 0 aromatic heterocycles. The Kier molecular flexibility index (Phi) is 4.07. The monoisotopic (exact) mass is 249 g/mol. The van der Waals surface area contributed by atoms with Crippen LogP contribution in [0.3, 0.4) is 0 Å². The molecule has 2 rings (SSSR count). The largest absolute Gasteiger partial charge is 0.492 e. The van der Waals surface area contributed by atoms with Crippen molar-refractivity contribution in [3.8, 4) is 5.75 Å². The van der Waals surface area contributed by atoms with E-state index in [1.54, 1.807) is 25.1 Å². The van der Waals surface area contributed by atoms with E-state index in [0.29, 0.717) is 36.1 Å². The van der Waals surface area contributed by atoms with Gasteiger partial charge in [-0.3, -0.25) is 0 Å². The average molecular weight is 249 g/mol. The summed E-state index contributed by atoms with van der Waals surface area (Å²) in [6.07, 6.45) is 3.70. The summed E-state index contributed by atoms with van der Waals surface area (Å²) in [7, 11) is 0. The Hall–Kier alpha value is -1.71. The maximum absolute atomic E-state index is 11.8. The van der Waals surface area contributed by atoms with Gasteiger partial charge in [0.15, 0.2) is 0 Å². The zero-order valence-corrected chi connectivity index (χ0v) is 10.6. The molecule has 18 heavy (non-hydrogen) atoms. The molecule has 0 atom stereocenters. The normalized spacial score (nSPS) is 14.9. The Bertz CT molecular complexity index is 427. The van der Waals surface area contributed by atoms with Gasteiger partial charge in [0.05, 0.1) is 13.2 Å². The summed E-state index contributed by atoms with van der Waals surface area (Å²) in [6, 6.07) is 5.08. The van der Waals surface area contributed by atoms with Gasteiger partial charge < -0.3 is 15.2 Å². The Morgan fingerprint density at radius 1 is 1.44 bits per heavy atom. The Balaban J connectivity index is 2.08. The molecule has 0 saturated heterocycles. The second-order valence-electron chi connectivity index (χ2n) is 4.58. The molecule has 4 heteroatoms. The third-order valence-corrected chi connectivity index (χ3v) is 3.20. The van der Waals surface area contributed by atoms with Crippen molar-refractivity contribution in [1.82, 2.24) is 0 Å². The summed E-state index contributed by atoms with van der Waals surface area (Å²) in [4.78, 5) is 11.8. The van der Waals surface area contributed by atoms with Crippen molar-refractivity contribution in [2.45, 2.75) is 26.2 Å². The van der Waals surface area contributed by atoms with Crippen molar-refractivity contribution in [1.29, 1.82) is 0 Å². The van der Waals surface area contributed by atoms with E-state index in [1.807, 2.05) is 0 Å². The number of nitrogen functional groups attached to an aromatic ring is 1. The van der Waals surface area contributed by atoms with Crippen LogP contribution in [0.4, 0.5) is 5.69 Å². The molecular formula is C14H19NO3. The number of hydrogen-bond donors (Lipinski definition) is 1. The van der Waals surface area contributed by atoms with Crippen LogP contribution in [0.25, 0.3) is 0 Å². The molecule has 0 spiro atoms. The van der Waals surface area contributed by atoms with E-state index in [1.165, 1.54) is 19.3 Å². The number of anilines is 1. The molecule has 0 aliphatic heterocycles. The van der Waals surface area contributed by atoms with Crippen LogP contribution in [0.1, 0.15) is 36.5 Å². The molecule has 0 unspecified atom stereocenters.